The van der Waals surface area contributed by atoms with Crippen molar-refractivity contribution in [3.63, 3.8) is 0 Å². The van der Waals surface area contributed by atoms with Crippen LogP contribution in [0.3, 0.4) is 0 Å². The van der Waals surface area contributed by atoms with Crippen LogP contribution in [0.4, 0.5) is 0 Å². The number of imide groups is 1. The average Bonchev–Trinajstić information content (AvgIpc) is 3.45. The zero-order chi connectivity index (χ0) is 37.0. The van der Waals surface area contributed by atoms with Gasteiger partial charge in [-0.25, -0.2) is 0 Å². The van der Waals surface area contributed by atoms with Gasteiger partial charge in [-0.05, 0) is 115 Å². The number of rotatable bonds is 11. The van der Waals surface area contributed by atoms with Gasteiger partial charge >= 0.3 is 7.12 Å². The van der Waals surface area contributed by atoms with Gasteiger partial charge in [0, 0.05) is 31.9 Å². The third-order valence-electron chi connectivity index (χ3n) is 11.6. The minimum atomic E-state index is -1.07. The van der Waals surface area contributed by atoms with Crippen LogP contribution in [0.2, 0.25) is 6.32 Å². The van der Waals surface area contributed by atoms with Crippen LogP contribution in [0.15, 0.2) is 120 Å². The Morgan fingerprint density at radius 1 is 0.889 bits per heavy atom. The molecule has 1 aromatic heterocycles. The number of allylic oxidation sites excluding steroid dienone is 1. The van der Waals surface area contributed by atoms with Gasteiger partial charge in [-0.3, -0.25) is 24.4 Å². The first-order chi connectivity index (χ1) is 26.4. The van der Waals surface area contributed by atoms with Gasteiger partial charge in [-0.15, -0.1) is 0 Å². The summed E-state index contributed by atoms with van der Waals surface area (Å²) in [6.07, 6.45) is 6.61. The lowest BCUT2D eigenvalue weighted by molar-refractivity contribution is -0.144. The number of aromatic hydroxyl groups is 1. The number of ether oxygens (including phenoxy) is 1. The number of hydrogen-bond acceptors (Lipinski definition) is 8. The first kappa shape index (κ1) is 36.0. The third kappa shape index (κ3) is 7.78. The molecule has 1 aliphatic carbocycles. The molecule has 54 heavy (non-hydrogen) atoms. The maximum absolute atomic E-state index is 14.5. The zero-order valence-electron chi connectivity index (χ0n) is 30.4. The highest BCUT2D eigenvalue weighted by Crippen LogP contribution is 2.51. The predicted molar refractivity (Wildman–Crippen MR) is 208 cm³/mol. The Balaban J connectivity index is 1.06. The lowest BCUT2D eigenvalue weighted by Crippen LogP contribution is -2.48. The topological polar surface area (TPSA) is 112 Å². The number of nitrogens with zero attached hydrogens (tertiary/aromatic N) is 3. The van der Waals surface area contributed by atoms with E-state index in [1.165, 1.54) is 5.56 Å². The summed E-state index contributed by atoms with van der Waals surface area (Å²) >= 11 is 0. The molecule has 0 unspecified atom stereocenters. The van der Waals surface area contributed by atoms with Gasteiger partial charge in [-0.2, -0.15) is 0 Å². The summed E-state index contributed by atoms with van der Waals surface area (Å²) in [5.41, 5.74) is 5.96. The van der Waals surface area contributed by atoms with Crippen molar-refractivity contribution in [2.45, 2.75) is 57.1 Å². The second-order valence-corrected chi connectivity index (χ2v) is 15.0. The van der Waals surface area contributed by atoms with Gasteiger partial charge in [0.2, 0.25) is 11.8 Å². The summed E-state index contributed by atoms with van der Waals surface area (Å²) in [6, 6.07) is 32.7. The summed E-state index contributed by atoms with van der Waals surface area (Å²) in [5, 5.41) is 21.1. The van der Waals surface area contributed by atoms with Crippen LogP contribution in [0.1, 0.15) is 48.9 Å². The van der Waals surface area contributed by atoms with E-state index >= 15 is 0 Å². The molecule has 3 fully saturated rings. The Morgan fingerprint density at radius 3 is 2.33 bits per heavy atom. The van der Waals surface area contributed by atoms with E-state index in [1.807, 2.05) is 66.7 Å². The van der Waals surface area contributed by atoms with Gasteiger partial charge < -0.3 is 19.5 Å². The number of likely N-dealkylation sites (tertiary alicyclic amines) is 2. The molecule has 4 atom stereocenters. The van der Waals surface area contributed by atoms with Crippen LogP contribution in [0.25, 0.3) is 11.6 Å². The number of amides is 2. The molecule has 3 aliphatic heterocycles. The highest BCUT2D eigenvalue weighted by atomic mass is 16.5. The monoisotopic (exact) mass is 723 g/mol. The molecule has 3 aromatic carbocycles. The van der Waals surface area contributed by atoms with Gasteiger partial charge in [0.15, 0.2) is 0 Å². The number of piperidine rings is 1. The van der Waals surface area contributed by atoms with E-state index in [-0.39, 0.29) is 42.5 Å². The smallest absolute Gasteiger partial charge is 0.455 e. The average molecular weight is 724 g/mol. The molecular formula is C44H46BN3O6. The number of carbonyl (C=O) groups is 2. The van der Waals surface area contributed by atoms with Gasteiger partial charge in [0.1, 0.15) is 18.1 Å². The van der Waals surface area contributed by atoms with Crippen molar-refractivity contribution in [3.8, 4) is 11.5 Å². The van der Waals surface area contributed by atoms with Crippen LogP contribution in [0, 0.1) is 17.8 Å². The van der Waals surface area contributed by atoms with Crippen molar-refractivity contribution >= 4 is 30.6 Å². The molecule has 4 aliphatic rings. The molecule has 4 heterocycles. The minimum Gasteiger partial charge on any atom is -0.508 e. The quantitative estimate of drug-likeness (QED) is 0.101. The fourth-order valence-corrected chi connectivity index (χ4v) is 9.03. The van der Waals surface area contributed by atoms with E-state index in [4.69, 9.17) is 9.39 Å². The number of phenols is 1. The van der Waals surface area contributed by atoms with Crippen LogP contribution in [0.5, 0.6) is 11.5 Å². The lowest BCUT2D eigenvalue weighted by Gasteiger charge is -2.43. The summed E-state index contributed by atoms with van der Waals surface area (Å²) in [5.74, 6) is -0.648. The molecule has 0 radical (unpaired) electrons. The van der Waals surface area contributed by atoms with Gasteiger partial charge in [0.05, 0.1) is 23.6 Å². The number of fused-ring (bicyclic) bond motifs is 3. The van der Waals surface area contributed by atoms with E-state index in [0.717, 1.165) is 66.2 Å². The standard InChI is InChI=1S/C44H46BN3O6/c49-35-17-14-30(15-18-35)25-32(39-13-7-8-22-46-39)16-19-40-41-33(29-53-36-11-5-2-6-12-36)26-37-42(38(41)27-45(52)54-40)44(51)48(43(37)50)34-20-23-47(24-21-34)28-31-9-3-1-4-10-31/h1-15,17-18,22,25,34,37-38,40,42,49,52H,16,19-21,23-24,26-29H2/b32-25-/t37-,38+,40-,42-/m1/s1. The molecule has 8 rings (SSSR count). The van der Waals surface area contributed by atoms with Crippen molar-refractivity contribution in [1.29, 1.82) is 0 Å². The number of pyridine rings is 1. The van der Waals surface area contributed by atoms with Gasteiger partial charge in [-0.1, -0.05) is 66.7 Å². The van der Waals surface area contributed by atoms with Crippen LogP contribution < -0.4 is 4.74 Å². The molecule has 9 nitrogen and oxygen atoms in total. The number of hydrogen-bond donors (Lipinski definition) is 2. The lowest BCUT2D eigenvalue weighted by atomic mass is 9.58. The van der Waals surface area contributed by atoms with Crippen molar-refractivity contribution in [3.05, 3.63) is 137 Å². The maximum Gasteiger partial charge on any atom is 0.455 e. The number of para-hydroxylation sites is 1. The Labute approximate surface area is 317 Å². The molecular weight excluding hydrogens is 677 g/mol. The highest BCUT2D eigenvalue weighted by molar-refractivity contribution is 6.43. The minimum absolute atomic E-state index is 0.0884. The highest BCUT2D eigenvalue weighted by Gasteiger charge is 2.58. The van der Waals surface area contributed by atoms with E-state index < -0.39 is 25.1 Å². The first-order valence-electron chi connectivity index (χ1n) is 19.2. The van der Waals surface area contributed by atoms with Crippen molar-refractivity contribution in [2.75, 3.05) is 19.7 Å². The number of benzene rings is 3. The molecule has 2 amide bonds. The molecule has 276 valence electrons. The Morgan fingerprint density at radius 2 is 1.61 bits per heavy atom. The summed E-state index contributed by atoms with van der Waals surface area (Å²) in [7, 11) is -1.07. The zero-order valence-corrected chi connectivity index (χ0v) is 30.4. The number of phenolic OH excluding ortho intramolecular Hbond substituents is 1. The Kier molecular flexibility index (Phi) is 10.8. The molecule has 0 bridgehead atoms. The fraction of sp³-hybridized carbons (Fsp3) is 0.341. The van der Waals surface area contributed by atoms with Crippen molar-refractivity contribution < 1.29 is 29.1 Å². The van der Waals surface area contributed by atoms with E-state index in [2.05, 4.69) is 40.2 Å². The first-order valence-corrected chi connectivity index (χ1v) is 19.2. The van der Waals surface area contributed by atoms with E-state index in [0.29, 0.717) is 19.3 Å². The molecule has 2 N–H and O–H groups in total. The second kappa shape index (κ2) is 16.1. The van der Waals surface area contributed by atoms with Crippen LogP contribution in [-0.2, 0) is 20.8 Å². The summed E-state index contributed by atoms with van der Waals surface area (Å²) < 4.78 is 12.7. The van der Waals surface area contributed by atoms with Crippen molar-refractivity contribution in [2.24, 2.45) is 17.8 Å². The van der Waals surface area contributed by atoms with E-state index in [1.54, 1.807) is 23.2 Å². The van der Waals surface area contributed by atoms with E-state index in [9.17, 15) is 19.7 Å². The van der Waals surface area contributed by atoms with Crippen LogP contribution in [-0.4, -0.2) is 75.7 Å². The number of aromatic nitrogens is 1. The summed E-state index contributed by atoms with van der Waals surface area (Å²) in [4.78, 5) is 37.5. The predicted octanol–water partition coefficient (Wildman–Crippen LogP) is 6.65. The van der Waals surface area contributed by atoms with Crippen molar-refractivity contribution in [1.82, 2.24) is 14.8 Å². The fourth-order valence-electron chi connectivity index (χ4n) is 9.03. The van der Waals surface area contributed by atoms with Crippen LogP contribution >= 0.6 is 0 Å². The molecule has 0 spiro atoms. The third-order valence-corrected chi connectivity index (χ3v) is 11.6. The SMILES string of the molecule is O=C1[C@@H]2[C@@H](CC(COc3ccccc3)=C3[C@@H](CC/C(=C/c4ccc(O)cc4)c4ccccn4)OB(O)C[C@@H]32)C(=O)N1C1CCN(Cc2ccccc2)CC1. The Hall–Kier alpha value is -5.03. The number of carbonyl (C=O) groups excluding carboxylic acids is 2. The Bertz CT molecular complexity index is 1980. The molecule has 0 saturated carbocycles. The summed E-state index contributed by atoms with van der Waals surface area (Å²) in [6.45, 7) is 2.76. The normalized spacial score (nSPS) is 23.8. The molecule has 3 saturated heterocycles. The van der Waals surface area contributed by atoms with Gasteiger partial charge in [0.25, 0.3) is 0 Å². The second-order valence-electron chi connectivity index (χ2n) is 15.0. The largest absolute Gasteiger partial charge is 0.508 e. The molecule has 4 aromatic rings. The maximum atomic E-state index is 14.5. The molecule has 10 heteroatoms.